The molecule has 4 aliphatic rings. The minimum Gasteiger partial charge on any atom is -0.490 e. The van der Waals surface area contributed by atoms with E-state index in [0.717, 1.165) is 67.5 Å². The molecule has 1 amide bonds. The number of anilines is 1. The number of methoxy groups -OCH3 is 1. The van der Waals surface area contributed by atoms with Gasteiger partial charge in [0.2, 0.25) is 0 Å². The highest BCUT2D eigenvalue weighted by Crippen LogP contribution is 2.47. The second-order valence-electron chi connectivity index (χ2n) is 15.7. The molecule has 1 aromatic heterocycles. The Kier molecular flexibility index (Phi) is 10.0. The average Bonchev–Trinajstić information content (AvgIpc) is 3.49. The second-order valence-corrected chi connectivity index (χ2v) is 18.1. The number of amides is 1. The Balaban J connectivity index is 1.12. The minimum absolute atomic E-state index is 0.0152. The van der Waals surface area contributed by atoms with E-state index in [-0.39, 0.29) is 35.2 Å². The van der Waals surface area contributed by atoms with E-state index in [9.17, 15) is 13.8 Å². The quantitative estimate of drug-likeness (QED) is 0.189. The Morgan fingerprint density at radius 2 is 1.98 bits per heavy atom. The monoisotopic (exact) mass is 734 g/mol. The maximum atomic E-state index is 14.5. The molecule has 278 valence electrons. The van der Waals surface area contributed by atoms with E-state index >= 15 is 0 Å². The Bertz CT molecular complexity index is 2180. The molecule has 2 aliphatic heterocycles. The number of Topliss-reactive ketones (excluding diaryl/α,β-unsaturated/α-hetero) is 1. The first-order chi connectivity index (χ1) is 25.7. The summed E-state index contributed by atoms with van der Waals surface area (Å²) in [6.45, 7) is 4.68. The highest BCUT2D eigenvalue weighted by molar-refractivity contribution is 7.94. The van der Waals surface area contributed by atoms with Crippen molar-refractivity contribution >= 4 is 38.0 Å². The van der Waals surface area contributed by atoms with Gasteiger partial charge in [0.15, 0.2) is 0 Å². The van der Waals surface area contributed by atoms with Gasteiger partial charge < -0.3 is 14.4 Å². The summed E-state index contributed by atoms with van der Waals surface area (Å²) in [6, 6.07) is 20.2. The Morgan fingerprint density at radius 1 is 1.09 bits per heavy atom. The summed E-state index contributed by atoms with van der Waals surface area (Å²) >= 11 is 0. The second kappa shape index (κ2) is 14.9. The molecule has 2 aliphatic carbocycles. The number of nitrogens with zero attached hydrogens (tertiary/aromatic N) is 4. The maximum absolute atomic E-state index is 14.5. The number of hydrogen-bond donors (Lipinski definition) is 0. The van der Waals surface area contributed by atoms with Crippen LogP contribution in [-0.2, 0) is 37.6 Å². The van der Waals surface area contributed by atoms with Gasteiger partial charge in [-0.3, -0.25) is 14.3 Å². The Morgan fingerprint density at radius 3 is 2.83 bits per heavy atom. The number of aromatic nitrogens is 2. The molecule has 0 unspecified atom stereocenters. The molecular formula is C43H50N4O5S. The van der Waals surface area contributed by atoms with Crippen LogP contribution in [0.1, 0.15) is 72.0 Å². The van der Waals surface area contributed by atoms with E-state index in [4.69, 9.17) is 9.47 Å². The third-order valence-electron chi connectivity index (χ3n) is 12.1. The molecule has 4 aromatic rings. The fourth-order valence-corrected chi connectivity index (χ4v) is 11.1. The lowest BCUT2D eigenvalue weighted by Crippen LogP contribution is -2.49. The van der Waals surface area contributed by atoms with Crippen LogP contribution in [-0.4, -0.2) is 70.1 Å². The summed E-state index contributed by atoms with van der Waals surface area (Å²) in [5.41, 5.74) is 6.04. The van der Waals surface area contributed by atoms with Crippen molar-refractivity contribution in [1.29, 1.82) is 0 Å². The standard InChI is InChI=1S/C43H50N4O5S/c1-30-13-17-37-31(23-30)10-8-20-43(37)28-46-26-34-14-16-36(34)40(51-2)12-4-3-7-22-53(50,45-42(49)32-15-18-41(52-29-43)39(46)24-32)27-35(48)19-21-47-38-11-6-5-9-33(38)25-44-47/h4-6,9,11-13,15,17-18,23-25,34,36,40H,3,7-8,10,14,16,19-22,26-29H2,1-2H3/b12-4+/t34-,36+,40-,43-,53+/m0/s1. The van der Waals surface area contributed by atoms with Gasteiger partial charge in [-0.1, -0.05) is 54.1 Å². The molecule has 53 heavy (non-hydrogen) atoms. The number of carbonyl (C=O) groups is 2. The molecule has 1 saturated carbocycles. The zero-order valence-electron chi connectivity index (χ0n) is 30.9. The first-order valence-corrected chi connectivity index (χ1v) is 21.1. The summed E-state index contributed by atoms with van der Waals surface area (Å²) in [5.74, 6) is 0.696. The zero-order valence-corrected chi connectivity index (χ0v) is 31.7. The zero-order chi connectivity index (χ0) is 36.6. The van der Waals surface area contributed by atoms with Crippen LogP contribution in [0.5, 0.6) is 5.75 Å². The molecule has 5 atom stereocenters. The van der Waals surface area contributed by atoms with Crippen molar-refractivity contribution in [3.63, 3.8) is 0 Å². The largest absolute Gasteiger partial charge is 0.490 e. The molecule has 3 heterocycles. The van der Waals surface area contributed by atoms with E-state index in [0.29, 0.717) is 43.4 Å². The number of rotatable bonds is 6. The van der Waals surface area contributed by atoms with Gasteiger partial charge in [0.25, 0.3) is 5.91 Å². The lowest BCUT2D eigenvalue weighted by atomic mass is 9.68. The van der Waals surface area contributed by atoms with Crippen molar-refractivity contribution in [2.45, 2.75) is 76.4 Å². The summed E-state index contributed by atoms with van der Waals surface area (Å²) in [7, 11) is -1.40. The molecule has 10 heteroatoms. The fraction of sp³-hybridized carbons (Fsp3) is 0.465. The van der Waals surface area contributed by atoms with Crippen molar-refractivity contribution in [2.24, 2.45) is 16.2 Å². The van der Waals surface area contributed by atoms with Gasteiger partial charge in [-0.2, -0.15) is 9.46 Å². The minimum atomic E-state index is -3.19. The van der Waals surface area contributed by atoms with E-state index < -0.39 is 15.6 Å². The SMILES string of the molecule is CO[C@H]1/C=C/CCC[S@@](=O)(CC(=O)CCn2ncc3ccccc32)=NC(=O)c2ccc3c(c2)N(C[C@@H]2CC[C@H]21)C[C@@]1(CCCc2cc(C)ccc21)CO3. The number of allylic oxidation sites excluding steroid dienone is 1. The number of para-hydroxylation sites is 1. The smallest absolute Gasteiger partial charge is 0.285 e. The van der Waals surface area contributed by atoms with E-state index in [1.165, 1.54) is 16.7 Å². The number of hydrogen-bond acceptors (Lipinski definition) is 7. The van der Waals surface area contributed by atoms with E-state index in [2.05, 4.69) is 51.6 Å². The topological polar surface area (TPSA) is 103 Å². The van der Waals surface area contributed by atoms with Crippen LogP contribution >= 0.6 is 0 Å². The first kappa shape index (κ1) is 35.7. The number of ether oxygens (including phenoxy) is 2. The summed E-state index contributed by atoms with van der Waals surface area (Å²) < 4.78 is 33.5. The number of aryl methyl sites for hydroxylation is 3. The molecule has 8 rings (SSSR count). The van der Waals surface area contributed by atoms with E-state index in [1.807, 2.05) is 36.4 Å². The molecule has 2 bridgehead atoms. The van der Waals surface area contributed by atoms with Gasteiger partial charge in [0.05, 0.1) is 45.6 Å². The molecule has 1 fully saturated rings. The fourth-order valence-electron chi connectivity index (χ4n) is 9.11. The van der Waals surface area contributed by atoms with E-state index in [1.54, 1.807) is 24.1 Å². The summed E-state index contributed by atoms with van der Waals surface area (Å²) in [6.07, 6.45) is 12.8. The van der Waals surface area contributed by atoms with Gasteiger partial charge in [-0.25, -0.2) is 4.21 Å². The van der Waals surface area contributed by atoms with Gasteiger partial charge in [-0.05, 0) is 99.1 Å². The number of ketones is 1. The highest BCUT2D eigenvalue weighted by Gasteiger charge is 2.44. The van der Waals surface area contributed by atoms with Crippen LogP contribution in [0.15, 0.2) is 83.4 Å². The Labute approximate surface area is 312 Å². The van der Waals surface area contributed by atoms with Crippen molar-refractivity contribution in [2.75, 3.05) is 43.2 Å². The number of benzene rings is 3. The molecule has 0 N–H and O–H groups in total. The molecule has 9 nitrogen and oxygen atoms in total. The van der Waals surface area contributed by atoms with Crippen LogP contribution in [0.2, 0.25) is 0 Å². The molecule has 0 radical (unpaired) electrons. The average molecular weight is 735 g/mol. The molecule has 3 aromatic carbocycles. The predicted octanol–water partition coefficient (Wildman–Crippen LogP) is 7.48. The van der Waals surface area contributed by atoms with Crippen molar-refractivity contribution in [1.82, 2.24) is 9.78 Å². The van der Waals surface area contributed by atoms with Crippen molar-refractivity contribution in [3.05, 3.63) is 101 Å². The number of fused-ring (bicyclic) bond motifs is 5. The third-order valence-corrected chi connectivity index (χ3v) is 14.3. The van der Waals surface area contributed by atoms with Gasteiger partial charge in [0.1, 0.15) is 11.5 Å². The molecular weight excluding hydrogens is 685 g/mol. The maximum Gasteiger partial charge on any atom is 0.285 e. The summed E-state index contributed by atoms with van der Waals surface area (Å²) in [5, 5.41) is 5.44. The highest BCUT2D eigenvalue weighted by atomic mass is 32.2. The first-order valence-electron chi connectivity index (χ1n) is 19.2. The molecule has 1 spiro atoms. The van der Waals surface area contributed by atoms with Crippen LogP contribution in [0.25, 0.3) is 10.9 Å². The summed E-state index contributed by atoms with van der Waals surface area (Å²) in [4.78, 5) is 29.9. The van der Waals surface area contributed by atoms with Gasteiger partial charge in [0, 0.05) is 55.3 Å². The van der Waals surface area contributed by atoms with Crippen LogP contribution in [0.3, 0.4) is 0 Å². The van der Waals surface area contributed by atoms with Crippen LogP contribution < -0.4 is 9.64 Å². The van der Waals surface area contributed by atoms with Gasteiger partial charge >= 0.3 is 0 Å². The van der Waals surface area contributed by atoms with Gasteiger partial charge in [-0.15, -0.1) is 0 Å². The van der Waals surface area contributed by atoms with Crippen LogP contribution in [0.4, 0.5) is 5.69 Å². The predicted molar refractivity (Wildman–Crippen MR) is 209 cm³/mol. The Hall–Kier alpha value is -4.28. The lowest BCUT2D eigenvalue weighted by Gasteiger charge is -2.46. The number of carbonyl (C=O) groups excluding carboxylic acids is 2. The third kappa shape index (κ3) is 7.32. The normalized spacial score (nSPS) is 27.8. The lowest BCUT2D eigenvalue weighted by molar-refractivity contribution is -0.116. The van der Waals surface area contributed by atoms with Crippen LogP contribution in [0, 0.1) is 18.8 Å². The van der Waals surface area contributed by atoms with Crippen molar-refractivity contribution in [3.8, 4) is 5.75 Å². The molecule has 0 saturated heterocycles. The van der Waals surface area contributed by atoms with Crippen molar-refractivity contribution < 1.29 is 23.3 Å².